The summed E-state index contributed by atoms with van der Waals surface area (Å²) in [6, 6.07) is 6.58. The van der Waals surface area contributed by atoms with E-state index in [9.17, 15) is 0 Å². The van der Waals surface area contributed by atoms with Crippen LogP contribution in [0.4, 0.5) is 0 Å². The van der Waals surface area contributed by atoms with E-state index in [2.05, 4.69) is 70.0 Å². The largest absolute Gasteiger partial charge is 0.290 e. The first-order valence-electron chi connectivity index (χ1n) is 10.2. The lowest BCUT2D eigenvalue weighted by molar-refractivity contribution is -0.0309. The molecule has 1 aliphatic heterocycles. The average Bonchev–Trinajstić information content (AvgIpc) is 2.55. The molecule has 4 heteroatoms. The Morgan fingerprint density at radius 1 is 1.12 bits per heavy atom. The molecule has 3 aliphatic carbocycles. The summed E-state index contributed by atoms with van der Waals surface area (Å²) >= 11 is 2.54. The van der Waals surface area contributed by atoms with E-state index >= 15 is 0 Å². The molecule has 3 atom stereocenters. The standard InChI is InChI=1S/C21H32IN3/c1-4-17-14-25(22)18(5-2)13-24(17)19(6-3)16-7-8-20(23-12-16)21-9-15(10-21)11-21/h7-8,12,15,17-19H,4-6,9-11,13-14H2,1-3H3/t15?,17-,18+,19?,21?/m1/s1. The summed E-state index contributed by atoms with van der Waals surface area (Å²) in [4.78, 5) is 7.72. The predicted molar refractivity (Wildman–Crippen MR) is 112 cm³/mol. The Kier molecular flexibility index (Phi) is 5.15. The van der Waals surface area contributed by atoms with Crippen LogP contribution in [0.2, 0.25) is 0 Å². The number of pyridine rings is 1. The van der Waals surface area contributed by atoms with Crippen molar-refractivity contribution in [2.24, 2.45) is 5.92 Å². The van der Waals surface area contributed by atoms with Crippen LogP contribution in [0.15, 0.2) is 18.3 Å². The van der Waals surface area contributed by atoms with Crippen molar-refractivity contribution in [3.05, 3.63) is 29.6 Å². The molecule has 4 fully saturated rings. The second-order valence-corrected chi connectivity index (χ2v) is 9.80. The number of piperazine rings is 1. The summed E-state index contributed by atoms with van der Waals surface area (Å²) in [5.74, 6) is 1.02. The van der Waals surface area contributed by atoms with E-state index in [4.69, 9.17) is 4.98 Å². The molecule has 5 rings (SSSR count). The molecule has 138 valence electrons. The summed E-state index contributed by atoms with van der Waals surface area (Å²) in [6.45, 7) is 9.36. The Morgan fingerprint density at radius 3 is 2.32 bits per heavy atom. The molecule has 0 amide bonds. The van der Waals surface area contributed by atoms with Crippen LogP contribution in [0.3, 0.4) is 0 Å². The fourth-order valence-electron chi connectivity index (χ4n) is 5.38. The van der Waals surface area contributed by atoms with Crippen LogP contribution in [0.5, 0.6) is 0 Å². The van der Waals surface area contributed by atoms with Crippen molar-refractivity contribution in [2.45, 2.75) is 82.8 Å². The van der Waals surface area contributed by atoms with Crippen LogP contribution in [0.25, 0.3) is 0 Å². The summed E-state index contributed by atoms with van der Waals surface area (Å²) < 4.78 is 2.54. The van der Waals surface area contributed by atoms with Gasteiger partial charge in [0.25, 0.3) is 0 Å². The monoisotopic (exact) mass is 453 g/mol. The number of halogens is 1. The van der Waals surface area contributed by atoms with Crippen molar-refractivity contribution in [3.63, 3.8) is 0 Å². The van der Waals surface area contributed by atoms with Crippen molar-refractivity contribution in [3.8, 4) is 0 Å². The molecule has 3 saturated carbocycles. The first kappa shape index (κ1) is 18.2. The average molecular weight is 453 g/mol. The number of rotatable bonds is 6. The summed E-state index contributed by atoms with van der Waals surface area (Å²) in [5, 5.41) is 0. The van der Waals surface area contributed by atoms with Gasteiger partial charge >= 0.3 is 0 Å². The molecule has 1 unspecified atom stereocenters. The second kappa shape index (κ2) is 7.08. The number of aromatic nitrogens is 1. The van der Waals surface area contributed by atoms with Crippen molar-refractivity contribution >= 4 is 22.9 Å². The van der Waals surface area contributed by atoms with E-state index in [1.54, 1.807) is 0 Å². The zero-order valence-corrected chi connectivity index (χ0v) is 18.1. The molecular weight excluding hydrogens is 421 g/mol. The van der Waals surface area contributed by atoms with Crippen molar-refractivity contribution < 1.29 is 0 Å². The van der Waals surface area contributed by atoms with Gasteiger partial charge in [-0.05, 0) is 56.1 Å². The first-order chi connectivity index (χ1) is 12.1. The molecule has 0 N–H and O–H groups in total. The highest BCUT2D eigenvalue weighted by Crippen LogP contribution is 2.64. The summed E-state index contributed by atoms with van der Waals surface area (Å²) in [6.07, 6.45) is 10.0. The minimum absolute atomic E-state index is 0.483. The van der Waals surface area contributed by atoms with Crippen molar-refractivity contribution in [1.29, 1.82) is 0 Å². The maximum Gasteiger partial charge on any atom is 0.0465 e. The lowest BCUT2D eigenvalue weighted by atomic mass is 9.43. The van der Waals surface area contributed by atoms with Gasteiger partial charge in [0.05, 0.1) is 0 Å². The molecule has 0 radical (unpaired) electrons. The van der Waals surface area contributed by atoms with Gasteiger partial charge in [-0.25, -0.2) is 3.11 Å². The first-order valence-corrected chi connectivity index (χ1v) is 11.2. The van der Waals surface area contributed by atoms with Gasteiger partial charge < -0.3 is 0 Å². The molecule has 0 aromatic carbocycles. The van der Waals surface area contributed by atoms with Crippen LogP contribution in [0, 0.1) is 5.92 Å². The predicted octanol–water partition coefficient (Wildman–Crippen LogP) is 5.11. The molecule has 3 nitrogen and oxygen atoms in total. The van der Waals surface area contributed by atoms with E-state index in [0.29, 0.717) is 23.5 Å². The van der Waals surface area contributed by atoms with E-state index in [0.717, 1.165) is 5.92 Å². The Labute approximate surface area is 167 Å². The Morgan fingerprint density at radius 2 is 1.84 bits per heavy atom. The van der Waals surface area contributed by atoms with Gasteiger partial charge in [0.1, 0.15) is 0 Å². The summed E-state index contributed by atoms with van der Waals surface area (Å²) in [7, 11) is 0. The molecule has 1 saturated heterocycles. The normalized spacial score (nSPS) is 36.6. The van der Waals surface area contributed by atoms with Gasteiger partial charge in [0.2, 0.25) is 0 Å². The third-order valence-corrected chi connectivity index (χ3v) is 8.34. The Bertz CT molecular complexity index is 585. The van der Waals surface area contributed by atoms with Crippen LogP contribution in [-0.2, 0) is 5.41 Å². The molecule has 1 aromatic heterocycles. The third-order valence-electron chi connectivity index (χ3n) is 7.15. The topological polar surface area (TPSA) is 19.4 Å². The van der Waals surface area contributed by atoms with E-state index in [1.807, 2.05) is 0 Å². The van der Waals surface area contributed by atoms with Crippen LogP contribution < -0.4 is 0 Å². The fraction of sp³-hybridized carbons (Fsp3) is 0.762. The van der Waals surface area contributed by atoms with Gasteiger partial charge in [0, 0.05) is 71.4 Å². The molecule has 25 heavy (non-hydrogen) atoms. The number of hydrogen-bond acceptors (Lipinski definition) is 3. The van der Waals surface area contributed by atoms with E-state index in [1.165, 1.54) is 62.9 Å². The third kappa shape index (κ3) is 3.06. The minimum Gasteiger partial charge on any atom is -0.290 e. The van der Waals surface area contributed by atoms with E-state index in [-0.39, 0.29) is 0 Å². The van der Waals surface area contributed by atoms with E-state index < -0.39 is 0 Å². The Hall–Kier alpha value is -0.200. The van der Waals surface area contributed by atoms with Crippen LogP contribution >= 0.6 is 22.9 Å². The quantitative estimate of drug-likeness (QED) is 0.441. The van der Waals surface area contributed by atoms with Gasteiger partial charge in [0.15, 0.2) is 0 Å². The molecule has 4 aliphatic rings. The Balaban J connectivity index is 1.53. The highest BCUT2D eigenvalue weighted by atomic mass is 127. The number of hydrogen-bond donors (Lipinski definition) is 0. The minimum atomic E-state index is 0.483. The smallest absolute Gasteiger partial charge is 0.0465 e. The highest BCUT2D eigenvalue weighted by molar-refractivity contribution is 14.1. The zero-order chi connectivity index (χ0) is 17.6. The van der Waals surface area contributed by atoms with Crippen LogP contribution in [0.1, 0.15) is 76.6 Å². The molecular formula is C21H32IN3. The van der Waals surface area contributed by atoms with Crippen molar-refractivity contribution in [2.75, 3.05) is 13.1 Å². The maximum absolute atomic E-state index is 4.94. The molecule has 2 bridgehead atoms. The lowest BCUT2D eigenvalue weighted by Gasteiger charge is -2.61. The fourth-order valence-corrected chi connectivity index (χ4v) is 6.40. The highest BCUT2D eigenvalue weighted by Gasteiger charge is 2.58. The SMILES string of the molecule is CCC(c1ccc(C23CC(C2)C3)nc1)N1C[C@H](CC)N(I)C[C@H]1CC. The van der Waals surface area contributed by atoms with Crippen LogP contribution in [-0.4, -0.2) is 38.2 Å². The molecule has 0 spiro atoms. The lowest BCUT2D eigenvalue weighted by Crippen LogP contribution is -2.56. The van der Waals surface area contributed by atoms with Gasteiger partial charge in [-0.1, -0.05) is 26.8 Å². The van der Waals surface area contributed by atoms with Crippen molar-refractivity contribution in [1.82, 2.24) is 13.0 Å². The molecule has 1 aromatic rings. The molecule has 2 heterocycles. The zero-order valence-electron chi connectivity index (χ0n) is 15.9. The second-order valence-electron chi connectivity index (χ2n) is 8.56. The maximum atomic E-state index is 4.94. The summed E-state index contributed by atoms with van der Waals surface area (Å²) in [5.41, 5.74) is 3.27. The van der Waals surface area contributed by atoms with Gasteiger partial charge in [-0.2, -0.15) is 0 Å². The van der Waals surface area contributed by atoms with Gasteiger partial charge in [-0.15, -0.1) is 0 Å². The number of nitrogens with zero attached hydrogens (tertiary/aromatic N) is 3. The van der Waals surface area contributed by atoms with Gasteiger partial charge in [-0.3, -0.25) is 9.88 Å².